The smallest absolute Gasteiger partial charge is 0.0467 e. The van der Waals surface area contributed by atoms with Crippen LogP contribution in [0.15, 0.2) is 28.7 Å². The average Bonchev–Trinajstić information content (AvgIpc) is 2.30. The van der Waals surface area contributed by atoms with Gasteiger partial charge in [0, 0.05) is 17.1 Å². The molecule has 2 nitrogen and oxygen atoms in total. The first-order valence-electron chi connectivity index (χ1n) is 6.34. The van der Waals surface area contributed by atoms with E-state index >= 15 is 0 Å². The van der Waals surface area contributed by atoms with E-state index in [1.54, 1.807) is 0 Å². The van der Waals surface area contributed by atoms with Gasteiger partial charge in [-0.3, -0.25) is 4.90 Å². The summed E-state index contributed by atoms with van der Waals surface area (Å²) in [6, 6.07) is 8.76. The van der Waals surface area contributed by atoms with E-state index in [2.05, 4.69) is 53.0 Å². The lowest BCUT2D eigenvalue weighted by atomic mass is 10.1. The number of benzene rings is 1. The maximum atomic E-state index is 5.90. The Morgan fingerprint density at radius 1 is 1.35 bits per heavy atom. The van der Waals surface area contributed by atoms with Crippen molar-refractivity contribution < 1.29 is 0 Å². The van der Waals surface area contributed by atoms with E-state index in [9.17, 15) is 0 Å². The third-order valence-electron chi connectivity index (χ3n) is 3.10. The molecule has 0 fully saturated rings. The second-order valence-corrected chi connectivity index (χ2v) is 5.41. The van der Waals surface area contributed by atoms with Crippen LogP contribution in [-0.2, 0) is 0 Å². The third-order valence-corrected chi connectivity index (χ3v) is 3.60. The van der Waals surface area contributed by atoms with E-state index in [1.807, 2.05) is 6.07 Å². The Balaban J connectivity index is 2.63. The van der Waals surface area contributed by atoms with Crippen LogP contribution in [0.1, 0.15) is 37.8 Å². The number of nitrogens with two attached hydrogens (primary N) is 1. The molecule has 0 spiro atoms. The Hall–Kier alpha value is -0.380. The first-order chi connectivity index (χ1) is 8.19. The van der Waals surface area contributed by atoms with Crippen molar-refractivity contribution in [3.63, 3.8) is 0 Å². The van der Waals surface area contributed by atoms with Crippen LogP contribution >= 0.6 is 15.9 Å². The third kappa shape index (κ3) is 4.78. The Labute approximate surface area is 113 Å². The second kappa shape index (κ2) is 7.85. The number of unbranched alkanes of at least 4 members (excludes halogenated alkanes) is 2. The van der Waals surface area contributed by atoms with Gasteiger partial charge in [-0.2, -0.15) is 0 Å². The van der Waals surface area contributed by atoms with Crippen LogP contribution in [-0.4, -0.2) is 25.0 Å². The fourth-order valence-electron chi connectivity index (χ4n) is 2.05. The zero-order valence-electron chi connectivity index (χ0n) is 10.8. The number of halogens is 1. The first kappa shape index (κ1) is 14.7. The predicted molar refractivity (Wildman–Crippen MR) is 78.1 cm³/mol. The van der Waals surface area contributed by atoms with Crippen LogP contribution in [0.2, 0.25) is 0 Å². The summed E-state index contributed by atoms with van der Waals surface area (Å²) >= 11 is 3.51. The van der Waals surface area contributed by atoms with Gasteiger partial charge in [0.1, 0.15) is 0 Å². The largest absolute Gasteiger partial charge is 0.329 e. The van der Waals surface area contributed by atoms with Gasteiger partial charge in [0.15, 0.2) is 0 Å². The molecule has 1 rings (SSSR count). The Kier molecular flexibility index (Phi) is 6.78. The molecule has 0 saturated carbocycles. The van der Waals surface area contributed by atoms with Crippen LogP contribution in [0.25, 0.3) is 0 Å². The minimum absolute atomic E-state index is 0.323. The van der Waals surface area contributed by atoms with Crippen LogP contribution in [0.5, 0.6) is 0 Å². The minimum atomic E-state index is 0.323. The van der Waals surface area contributed by atoms with Crippen LogP contribution in [0.3, 0.4) is 0 Å². The van der Waals surface area contributed by atoms with Crippen molar-refractivity contribution in [3.05, 3.63) is 34.3 Å². The van der Waals surface area contributed by atoms with E-state index < -0.39 is 0 Å². The average molecular weight is 299 g/mol. The summed E-state index contributed by atoms with van der Waals surface area (Å²) in [6.45, 7) is 4.01. The van der Waals surface area contributed by atoms with Crippen LogP contribution in [0.4, 0.5) is 0 Å². The van der Waals surface area contributed by atoms with Gasteiger partial charge in [0.05, 0.1) is 0 Å². The fraction of sp³-hybridized carbons (Fsp3) is 0.571. The van der Waals surface area contributed by atoms with Crippen molar-refractivity contribution in [3.8, 4) is 0 Å². The Morgan fingerprint density at radius 2 is 2.12 bits per heavy atom. The molecule has 1 unspecified atom stereocenters. The van der Waals surface area contributed by atoms with Gasteiger partial charge in [-0.25, -0.2) is 0 Å². The summed E-state index contributed by atoms with van der Waals surface area (Å²) in [4.78, 5) is 2.36. The van der Waals surface area contributed by atoms with Gasteiger partial charge in [-0.05, 0) is 37.7 Å². The molecule has 17 heavy (non-hydrogen) atoms. The van der Waals surface area contributed by atoms with E-state index in [4.69, 9.17) is 5.73 Å². The standard InChI is InChI=1S/C14H23BrN2/c1-3-4-5-9-17(2)14(11-16)12-7-6-8-13(15)10-12/h6-8,10,14H,3-5,9,11,16H2,1-2H3. The van der Waals surface area contributed by atoms with Crippen molar-refractivity contribution in [2.75, 3.05) is 20.1 Å². The Morgan fingerprint density at radius 3 is 2.71 bits per heavy atom. The normalized spacial score (nSPS) is 13.0. The lowest BCUT2D eigenvalue weighted by molar-refractivity contribution is 0.245. The summed E-state index contributed by atoms with van der Waals surface area (Å²) in [6.07, 6.45) is 3.80. The predicted octanol–water partition coefficient (Wildman–Crippen LogP) is 3.57. The van der Waals surface area contributed by atoms with Gasteiger partial charge in [-0.1, -0.05) is 47.8 Å². The number of nitrogens with zero attached hydrogens (tertiary/aromatic N) is 1. The van der Waals surface area contributed by atoms with E-state index in [1.165, 1.54) is 24.8 Å². The highest BCUT2D eigenvalue weighted by Gasteiger charge is 2.14. The van der Waals surface area contributed by atoms with E-state index in [0.29, 0.717) is 12.6 Å². The molecule has 0 saturated heterocycles. The molecule has 1 atom stereocenters. The first-order valence-corrected chi connectivity index (χ1v) is 7.14. The van der Waals surface area contributed by atoms with Gasteiger partial charge in [0.2, 0.25) is 0 Å². The molecule has 3 heteroatoms. The summed E-state index contributed by atoms with van der Waals surface area (Å²) in [5.41, 5.74) is 7.20. The monoisotopic (exact) mass is 298 g/mol. The number of hydrogen-bond acceptors (Lipinski definition) is 2. The number of hydrogen-bond donors (Lipinski definition) is 1. The lowest BCUT2D eigenvalue weighted by Gasteiger charge is -2.27. The molecule has 0 amide bonds. The molecule has 0 aliphatic rings. The molecule has 0 radical (unpaired) electrons. The zero-order valence-corrected chi connectivity index (χ0v) is 12.4. The quantitative estimate of drug-likeness (QED) is 0.780. The molecule has 0 aromatic heterocycles. The van der Waals surface area contributed by atoms with Crippen molar-refractivity contribution in [2.24, 2.45) is 5.73 Å². The molecular weight excluding hydrogens is 276 g/mol. The SMILES string of the molecule is CCCCCN(C)C(CN)c1cccc(Br)c1. The van der Waals surface area contributed by atoms with Crippen molar-refractivity contribution >= 4 is 15.9 Å². The summed E-state index contributed by atoms with van der Waals surface area (Å²) in [7, 11) is 2.16. The Bertz CT molecular complexity index is 328. The lowest BCUT2D eigenvalue weighted by Crippen LogP contribution is -2.31. The van der Waals surface area contributed by atoms with Crippen molar-refractivity contribution in [2.45, 2.75) is 32.2 Å². The molecule has 0 aliphatic carbocycles. The highest BCUT2D eigenvalue weighted by atomic mass is 79.9. The maximum absolute atomic E-state index is 5.90. The fourth-order valence-corrected chi connectivity index (χ4v) is 2.47. The number of likely N-dealkylation sites (N-methyl/N-ethyl adjacent to an activating group) is 1. The maximum Gasteiger partial charge on any atom is 0.0467 e. The molecule has 1 aromatic carbocycles. The molecule has 0 aliphatic heterocycles. The topological polar surface area (TPSA) is 29.3 Å². The van der Waals surface area contributed by atoms with Crippen LogP contribution in [0, 0.1) is 0 Å². The van der Waals surface area contributed by atoms with E-state index in [-0.39, 0.29) is 0 Å². The molecule has 0 heterocycles. The molecule has 96 valence electrons. The zero-order chi connectivity index (χ0) is 12.7. The molecular formula is C14H23BrN2. The molecule has 1 aromatic rings. The highest BCUT2D eigenvalue weighted by Crippen LogP contribution is 2.22. The van der Waals surface area contributed by atoms with Gasteiger partial charge < -0.3 is 5.73 Å². The van der Waals surface area contributed by atoms with Gasteiger partial charge >= 0.3 is 0 Å². The molecule has 2 N–H and O–H groups in total. The van der Waals surface area contributed by atoms with Crippen molar-refractivity contribution in [1.82, 2.24) is 4.90 Å². The number of rotatable bonds is 7. The summed E-state index contributed by atoms with van der Waals surface area (Å²) < 4.78 is 1.12. The summed E-state index contributed by atoms with van der Waals surface area (Å²) in [5.74, 6) is 0. The van der Waals surface area contributed by atoms with Gasteiger partial charge in [-0.15, -0.1) is 0 Å². The van der Waals surface area contributed by atoms with E-state index in [0.717, 1.165) is 11.0 Å². The van der Waals surface area contributed by atoms with Crippen LogP contribution < -0.4 is 5.73 Å². The van der Waals surface area contributed by atoms with Crippen molar-refractivity contribution in [1.29, 1.82) is 0 Å². The van der Waals surface area contributed by atoms with Gasteiger partial charge in [0.25, 0.3) is 0 Å². The minimum Gasteiger partial charge on any atom is -0.329 e. The molecule has 0 bridgehead atoms. The second-order valence-electron chi connectivity index (χ2n) is 4.49. The highest BCUT2D eigenvalue weighted by molar-refractivity contribution is 9.10. The summed E-state index contributed by atoms with van der Waals surface area (Å²) in [5, 5.41) is 0.